The van der Waals surface area contributed by atoms with E-state index in [1.54, 1.807) is 42.5 Å². The Hall–Kier alpha value is -3.81. The minimum atomic E-state index is -0.575. The third-order valence-electron chi connectivity index (χ3n) is 4.24. The molecule has 0 saturated heterocycles. The van der Waals surface area contributed by atoms with Gasteiger partial charge >= 0.3 is 11.9 Å². The van der Waals surface area contributed by atoms with Crippen LogP contribution in [-0.4, -0.2) is 37.7 Å². The molecule has 1 aliphatic rings. The molecule has 0 fully saturated rings. The zero-order chi connectivity index (χ0) is 23.1. The summed E-state index contributed by atoms with van der Waals surface area (Å²) in [5.74, 6) is 0.992. The third kappa shape index (κ3) is 5.46. The predicted octanol–water partition coefficient (Wildman–Crippen LogP) is 4.15. The van der Waals surface area contributed by atoms with Crippen LogP contribution in [0.4, 0.5) is 0 Å². The number of nitrogens with zero attached hydrogens (tertiary/aromatic N) is 1. The number of ether oxygens (including phenoxy) is 5. The Labute approximate surface area is 186 Å². The van der Waals surface area contributed by atoms with Crippen LogP contribution in [0.2, 0.25) is 0 Å². The van der Waals surface area contributed by atoms with Gasteiger partial charge in [0, 0.05) is 12.5 Å². The van der Waals surface area contributed by atoms with Gasteiger partial charge in [-0.15, -0.1) is 0 Å². The molecule has 3 rings (SSSR count). The van der Waals surface area contributed by atoms with Crippen molar-refractivity contribution >= 4 is 23.9 Å². The van der Waals surface area contributed by atoms with Crippen molar-refractivity contribution in [2.45, 2.75) is 27.7 Å². The van der Waals surface area contributed by atoms with Crippen LogP contribution in [0.1, 0.15) is 38.8 Å². The van der Waals surface area contributed by atoms with Crippen LogP contribution < -0.4 is 18.9 Å². The predicted molar refractivity (Wildman–Crippen MR) is 118 cm³/mol. The average Bonchev–Trinajstić information content (AvgIpc) is 3.11. The highest BCUT2D eigenvalue weighted by Gasteiger charge is 2.25. The molecular formula is C24H25NO7. The van der Waals surface area contributed by atoms with Crippen LogP contribution in [0.25, 0.3) is 6.08 Å². The number of hydrogen-bond acceptors (Lipinski definition) is 8. The molecule has 0 aromatic heterocycles. The van der Waals surface area contributed by atoms with E-state index >= 15 is 0 Å². The highest BCUT2D eigenvalue weighted by atomic mass is 16.6. The zero-order valence-corrected chi connectivity index (χ0v) is 18.5. The van der Waals surface area contributed by atoms with Crippen LogP contribution in [0.3, 0.4) is 0 Å². The second-order valence-electron chi connectivity index (χ2n) is 6.60. The fourth-order valence-corrected chi connectivity index (χ4v) is 3.00. The molecule has 0 saturated carbocycles. The Morgan fingerprint density at radius 2 is 1.53 bits per heavy atom. The van der Waals surface area contributed by atoms with Crippen molar-refractivity contribution < 1.29 is 33.3 Å². The summed E-state index contributed by atoms with van der Waals surface area (Å²) >= 11 is 0. The van der Waals surface area contributed by atoms with Gasteiger partial charge in [0.15, 0.2) is 28.7 Å². The van der Waals surface area contributed by atoms with Gasteiger partial charge in [-0.25, -0.2) is 9.79 Å². The monoisotopic (exact) mass is 439 g/mol. The summed E-state index contributed by atoms with van der Waals surface area (Å²) in [6.45, 7) is 8.25. The summed E-state index contributed by atoms with van der Waals surface area (Å²) in [5.41, 5.74) is 1.37. The molecule has 1 heterocycles. The quantitative estimate of drug-likeness (QED) is 0.329. The molecule has 2 aromatic carbocycles. The molecule has 32 heavy (non-hydrogen) atoms. The van der Waals surface area contributed by atoms with Gasteiger partial charge < -0.3 is 23.7 Å². The summed E-state index contributed by atoms with van der Waals surface area (Å²) < 4.78 is 27.3. The zero-order valence-electron chi connectivity index (χ0n) is 18.5. The Balaban J connectivity index is 1.91. The van der Waals surface area contributed by atoms with E-state index in [9.17, 15) is 9.59 Å². The van der Waals surface area contributed by atoms with Crippen molar-refractivity contribution in [2.75, 3.05) is 19.8 Å². The molecule has 0 atom stereocenters. The molecule has 0 aliphatic carbocycles. The van der Waals surface area contributed by atoms with Gasteiger partial charge in [-0.05, 0) is 62.7 Å². The number of hydrogen-bond donors (Lipinski definition) is 0. The lowest BCUT2D eigenvalue weighted by Gasteiger charge is -2.11. The largest absolute Gasteiger partial charge is 0.490 e. The summed E-state index contributed by atoms with van der Waals surface area (Å²) in [5, 5.41) is 0. The molecule has 0 spiro atoms. The summed E-state index contributed by atoms with van der Waals surface area (Å²) in [7, 11) is 0. The molecule has 168 valence electrons. The van der Waals surface area contributed by atoms with Crippen molar-refractivity contribution in [3.63, 3.8) is 0 Å². The molecule has 0 N–H and O–H groups in total. The van der Waals surface area contributed by atoms with Crippen molar-refractivity contribution in [3.05, 3.63) is 53.2 Å². The van der Waals surface area contributed by atoms with Gasteiger partial charge in [-0.1, -0.05) is 6.07 Å². The maximum atomic E-state index is 12.4. The molecule has 0 amide bonds. The first-order valence-corrected chi connectivity index (χ1v) is 10.3. The Morgan fingerprint density at radius 3 is 2.19 bits per heavy atom. The molecule has 8 heteroatoms. The average molecular weight is 439 g/mol. The highest BCUT2D eigenvalue weighted by Crippen LogP contribution is 2.32. The summed E-state index contributed by atoms with van der Waals surface area (Å²) in [6.07, 6.45) is 1.58. The fraction of sp³-hybridized carbons (Fsp3) is 0.292. The van der Waals surface area contributed by atoms with E-state index in [2.05, 4.69) is 4.99 Å². The smallest absolute Gasteiger partial charge is 0.363 e. The van der Waals surface area contributed by atoms with E-state index in [0.29, 0.717) is 53.9 Å². The fourth-order valence-electron chi connectivity index (χ4n) is 3.00. The molecule has 2 aromatic rings. The number of benzene rings is 2. The summed E-state index contributed by atoms with van der Waals surface area (Å²) in [6, 6.07) is 10.2. The van der Waals surface area contributed by atoms with E-state index in [4.69, 9.17) is 23.7 Å². The minimum absolute atomic E-state index is 0.134. The molecule has 1 aliphatic heterocycles. The second kappa shape index (κ2) is 10.5. The van der Waals surface area contributed by atoms with Crippen molar-refractivity contribution in [2.24, 2.45) is 4.99 Å². The van der Waals surface area contributed by atoms with Gasteiger partial charge in [-0.3, -0.25) is 4.79 Å². The lowest BCUT2D eigenvalue weighted by Crippen LogP contribution is -2.06. The second-order valence-corrected chi connectivity index (χ2v) is 6.60. The number of rotatable bonds is 9. The van der Waals surface area contributed by atoms with Crippen LogP contribution in [-0.2, 0) is 14.3 Å². The van der Waals surface area contributed by atoms with E-state index < -0.39 is 11.9 Å². The highest BCUT2D eigenvalue weighted by molar-refractivity contribution is 6.13. The van der Waals surface area contributed by atoms with E-state index in [0.717, 1.165) is 0 Å². The minimum Gasteiger partial charge on any atom is -0.490 e. The van der Waals surface area contributed by atoms with E-state index in [1.165, 1.54) is 6.92 Å². The first kappa shape index (κ1) is 22.9. The maximum Gasteiger partial charge on any atom is 0.363 e. The lowest BCUT2D eigenvalue weighted by molar-refractivity contribution is -0.132. The first-order chi connectivity index (χ1) is 15.4. The van der Waals surface area contributed by atoms with Crippen molar-refractivity contribution in [1.82, 2.24) is 0 Å². The Bertz CT molecular complexity index is 1070. The Morgan fingerprint density at radius 1 is 0.906 bits per heavy atom. The van der Waals surface area contributed by atoms with Crippen molar-refractivity contribution in [3.8, 4) is 23.0 Å². The van der Waals surface area contributed by atoms with E-state index in [1.807, 2.05) is 20.8 Å². The number of esters is 2. The normalized spacial score (nSPS) is 14.1. The van der Waals surface area contributed by atoms with Gasteiger partial charge in [-0.2, -0.15) is 0 Å². The lowest BCUT2D eigenvalue weighted by atomic mass is 10.1. The van der Waals surface area contributed by atoms with Crippen LogP contribution in [0.15, 0.2) is 47.1 Å². The SMILES string of the molecule is CCOc1ccc(C2=N/C(=C\c3ccc(OC(C)=O)c(OCC)c3)C(=O)O2)cc1OCC. The number of carbonyl (C=O) groups excluding carboxylic acids is 2. The summed E-state index contributed by atoms with van der Waals surface area (Å²) in [4.78, 5) is 28.0. The number of carbonyl (C=O) groups is 2. The molecule has 0 unspecified atom stereocenters. The molecule has 8 nitrogen and oxygen atoms in total. The van der Waals surface area contributed by atoms with Gasteiger partial charge in [0.05, 0.1) is 19.8 Å². The van der Waals surface area contributed by atoms with Crippen LogP contribution in [0.5, 0.6) is 23.0 Å². The van der Waals surface area contributed by atoms with Crippen LogP contribution >= 0.6 is 0 Å². The Kier molecular flexibility index (Phi) is 7.49. The van der Waals surface area contributed by atoms with Crippen molar-refractivity contribution in [1.29, 1.82) is 0 Å². The molecule has 0 bridgehead atoms. The maximum absolute atomic E-state index is 12.4. The first-order valence-electron chi connectivity index (χ1n) is 10.3. The molecular weight excluding hydrogens is 414 g/mol. The van der Waals surface area contributed by atoms with Gasteiger partial charge in [0.25, 0.3) is 0 Å². The molecule has 0 radical (unpaired) electrons. The van der Waals surface area contributed by atoms with Gasteiger partial charge in [0.1, 0.15) is 0 Å². The van der Waals surface area contributed by atoms with Gasteiger partial charge in [0.2, 0.25) is 5.90 Å². The van der Waals surface area contributed by atoms with Crippen LogP contribution in [0, 0.1) is 0 Å². The number of cyclic esters (lactones) is 1. The third-order valence-corrected chi connectivity index (χ3v) is 4.24. The number of aliphatic imine (C=N–C) groups is 1. The standard InChI is InChI=1S/C24H25NO7/c1-5-28-19-11-9-17(14-22(19)30-7-3)23-25-18(24(27)32-23)12-16-8-10-20(31-15(4)26)21(13-16)29-6-2/h8-14H,5-7H2,1-4H3/b18-12-. The topological polar surface area (TPSA) is 92.7 Å². The van der Waals surface area contributed by atoms with E-state index in [-0.39, 0.29) is 11.6 Å².